The molecule has 0 heterocycles. The van der Waals surface area contributed by atoms with E-state index in [4.69, 9.17) is 19.9 Å². The molecule has 5 heteroatoms. The van der Waals surface area contributed by atoms with Gasteiger partial charge in [-0.2, -0.15) is 0 Å². The summed E-state index contributed by atoms with van der Waals surface area (Å²) in [5.41, 5.74) is 5.02. The van der Waals surface area contributed by atoms with Gasteiger partial charge in [-0.3, -0.25) is 0 Å². The lowest BCUT2D eigenvalue weighted by Crippen LogP contribution is -2.31. The van der Waals surface area contributed by atoms with Crippen LogP contribution in [0.5, 0.6) is 17.2 Å². The fraction of sp³-hybridized carbons (Fsp3) is 0.500. The van der Waals surface area contributed by atoms with E-state index < -0.39 is 5.60 Å². The monoisotopic (exact) mass is 241 g/mol. The molecule has 3 N–H and O–H groups in total. The summed E-state index contributed by atoms with van der Waals surface area (Å²) in [5.74, 6) is 1.48. The molecule has 0 aliphatic heterocycles. The Labute approximate surface area is 101 Å². The SMILES string of the molecule is COc1cc(C(C)(O)CN)cc(OC)c1OC. The summed E-state index contributed by atoms with van der Waals surface area (Å²) >= 11 is 0. The van der Waals surface area contributed by atoms with Crippen molar-refractivity contribution in [1.82, 2.24) is 0 Å². The van der Waals surface area contributed by atoms with Crippen molar-refractivity contribution in [3.8, 4) is 17.2 Å². The molecule has 1 rings (SSSR count). The Morgan fingerprint density at radius 1 is 1.12 bits per heavy atom. The average Bonchev–Trinajstić information content (AvgIpc) is 2.36. The lowest BCUT2D eigenvalue weighted by molar-refractivity contribution is 0.0662. The van der Waals surface area contributed by atoms with Gasteiger partial charge >= 0.3 is 0 Å². The molecule has 1 aromatic rings. The number of benzene rings is 1. The number of hydrogen-bond acceptors (Lipinski definition) is 5. The van der Waals surface area contributed by atoms with Crippen LogP contribution in [0, 0.1) is 0 Å². The lowest BCUT2D eigenvalue weighted by atomic mass is 9.95. The molecule has 0 spiro atoms. The second kappa shape index (κ2) is 5.25. The van der Waals surface area contributed by atoms with Gasteiger partial charge in [0.05, 0.1) is 26.9 Å². The quantitative estimate of drug-likeness (QED) is 0.800. The summed E-state index contributed by atoms with van der Waals surface area (Å²) < 4.78 is 15.6. The maximum atomic E-state index is 10.1. The first-order chi connectivity index (χ1) is 8.00. The topological polar surface area (TPSA) is 73.9 Å². The van der Waals surface area contributed by atoms with Crippen molar-refractivity contribution in [3.05, 3.63) is 17.7 Å². The van der Waals surface area contributed by atoms with E-state index >= 15 is 0 Å². The van der Waals surface area contributed by atoms with Crippen LogP contribution in [0.3, 0.4) is 0 Å². The molecule has 17 heavy (non-hydrogen) atoms. The zero-order valence-electron chi connectivity index (χ0n) is 10.6. The molecule has 5 nitrogen and oxygen atoms in total. The predicted octanol–water partition coefficient (Wildman–Crippen LogP) is 0.879. The standard InChI is InChI=1S/C12H19NO4/c1-12(14,7-13)8-5-9(15-2)11(17-4)10(6-8)16-3/h5-6,14H,7,13H2,1-4H3. The Morgan fingerprint density at radius 3 is 1.88 bits per heavy atom. The van der Waals surface area contributed by atoms with Gasteiger partial charge in [0, 0.05) is 6.54 Å². The highest BCUT2D eigenvalue weighted by molar-refractivity contribution is 5.54. The van der Waals surface area contributed by atoms with Gasteiger partial charge in [0.1, 0.15) is 0 Å². The van der Waals surface area contributed by atoms with E-state index in [0.29, 0.717) is 22.8 Å². The minimum absolute atomic E-state index is 0.103. The Bertz CT molecular complexity index is 365. The minimum atomic E-state index is -1.13. The van der Waals surface area contributed by atoms with Gasteiger partial charge in [-0.25, -0.2) is 0 Å². The van der Waals surface area contributed by atoms with E-state index in [1.54, 1.807) is 19.1 Å². The highest BCUT2D eigenvalue weighted by atomic mass is 16.5. The molecule has 0 radical (unpaired) electrons. The zero-order valence-corrected chi connectivity index (χ0v) is 10.6. The van der Waals surface area contributed by atoms with Gasteiger partial charge < -0.3 is 25.1 Å². The van der Waals surface area contributed by atoms with Crippen LogP contribution in [-0.2, 0) is 5.60 Å². The molecule has 0 aliphatic rings. The molecular weight excluding hydrogens is 222 g/mol. The summed E-state index contributed by atoms with van der Waals surface area (Å²) in [7, 11) is 4.58. The van der Waals surface area contributed by atoms with Crippen LogP contribution >= 0.6 is 0 Å². The van der Waals surface area contributed by atoms with Crippen LogP contribution in [0.25, 0.3) is 0 Å². The summed E-state index contributed by atoms with van der Waals surface area (Å²) in [5, 5.41) is 10.1. The number of aliphatic hydroxyl groups is 1. The summed E-state index contributed by atoms with van der Waals surface area (Å²) in [6.45, 7) is 1.74. The Kier molecular flexibility index (Phi) is 4.20. The number of hydrogen-bond donors (Lipinski definition) is 2. The Balaban J connectivity index is 3.37. The Morgan fingerprint density at radius 2 is 1.59 bits per heavy atom. The van der Waals surface area contributed by atoms with Crippen molar-refractivity contribution in [2.45, 2.75) is 12.5 Å². The van der Waals surface area contributed by atoms with Gasteiger partial charge in [-0.05, 0) is 24.6 Å². The van der Waals surface area contributed by atoms with E-state index in [2.05, 4.69) is 0 Å². The van der Waals surface area contributed by atoms with Gasteiger partial charge in [0.15, 0.2) is 11.5 Å². The largest absolute Gasteiger partial charge is 0.493 e. The van der Waals surface area contributed by atoms with E-state index in [9.17, 15) is 5.11 Å². The van der Waals surface area contributed by atoms with E-state index in [0.717, 1.165) is 0 Å². The number of nitrogens with two attached hydrogens (primary N) is 1. The molecular formula is C12H19NO4. The lowest BCUT2D eigenvalue weighted by Gasteiger charge is -2.24. The maximum absolute atomic E-state index is 10.1. The molecule has 1 unspecified atom stereocenters. The van der Waals surface area contributed by atoms with Crippen molar-refractivity contribution in [2.24, 2.45) is 5.73 Å². The molecule has 1 atom stereocenters. The fourth-order valence-electron chi connectivity index (χ4n) is 1.51. The van der Waals surface area contributed by atoms with Gasteiger partial charge in [-0.15, -0.1) is 0 Å². The molecule has 0 bridgehead atoms. The molecule has 0 saturated heterocycles. The number of methoxy groups -OCH3 is 3. The zero-order chi connectivity index (χ0) is 13.1. The third-order valence-electron chi connectivity index (χ3n) is 2.68. The van der Waals surface area contributed by atoms with E-state index in [1.165, 1.54) is 21.3 Å². The van der Waals surface area contributed by atoms with E-state index in [-0.39, 0.29) is 6.54 Å². The van der Waals surface area contributed by atoms with Crippen LogP contribution in [0.1, 0.15) is 12.5 Å². The third kappa shape index (κ3) is 2.62. The molecule has 0 fully saturated rings. The van der Waals surface area contributed by atoms with Crippen molar-refractivity contribution >= 4 is 0 Å². The maximum Gasteiger partial charge on any atom is 0.203 e. The second-order valence-corrected chi connectivity index (χ2v) is 3.89. The van der Waals surface area contributed by atoms with Crippen molar-refractivity contribution < 1.29 is 19.3 Å². The summed E-state index contributed by atoms with van der Waals surface area (Å²) in [4.78, 5) is 0. The first-order valence-electron chi connectivity index (χ1n) is 5.23. The van der Waals surface area contributed by atoms with Crippen LogP contribution in [-0.4, -0.2) is 33.0 Å². The molecule has 96 valence electrons. The van der Waals surface area contributed by atoms with Crippen molar-refractivity contribution in [2.75, 3.05) is 27.9 Å². The van der Waals surface area contributed by atoms with Crippen LogP contribution < -0.4 is 19.9 Å². The van der Waals surface area contributed by atoms with Crippen molar-refractivity contribution in [3.63, 3.8) is 0 Å². The predicted molar refractivity (Wildman–Crippen MR) is 64.7 cm³/mol. The Hall–Kier alpha value is -1.46. The highest BCUT2D eigenvalue weighted by Crippen LogP contribution is 2.40. The smallest absolute Gasteiger partial charge is 0.203 e. The van der Waals surface area contributed by atoms with Crippen LogP contribution in [0.15, 0.2) is 12.1 Å². The average molecular weight is 241 g/mol. The van der Waals surface area contributed by atoms with Gasteiger partial charge in [-0.1, -0.05) is 0 Å². The molecule has 1 aromatic carbocycles. The molecule has 0 aliphatic carbocycles. The molecule has 0 aromatic heterocycles. The summed E-state index contributed by atoms with van der Waals surface area (Å²) in [6, 6.07) is 3.38. The first-order valence-corrected chi connectivity index (χ1v) is 5.23. The fourth-order valence-corrected chi connectivity index (χ4v) is 1.51. The minimum Gasteiger partial charge on any atom is -0.493 e. The highest BCUT2D eigenvalue weighted by Gasteiger charge is 2.25. The second-order valence-electron chi connectivity index (χ2n) is 3.89. The number of rotatable bonds is 5. The normalized spacial score (nSPS) is 14.0. The van der Waals surface area contributed by atoms with E-state index in [1.807, 2.05) is 0 Å². The number of ether oxygens (including phenoxy) is 3. The van der Waals surface area contributed by atoms with Gasteiger partial charge in [0.25, 0.3) is 0 Å². The summed E-state index contributed by atoms with van der Waals surface area (Å²) in [6.07, 6.45) is 0. The van der Waals surface area contributed by atoms with Crippen molar-refractivity contribution in [1.29, 1.82) is 0 Å². The first kappa shape index (κ1) is 13.6. The third-order valence-corrected chi connectivity index (χ3v) is 2.68. The van der Waals surface area contributed by atoms with Crippen LogP contribution in [0.4, 0.5) is 0 Å². The molecule has 0 amide bonds. The van der Waals surface area contributed by atoms with Crippen LogP contribution in [0.2, 0.25) is 0 Å². The molecule has 0 saturated carbocycles. The van der Waals surface area contributed by atoms with Gasteiger partial charge in [0.2, 0.25) is 5.75 Å².